The van der Waals surface area contributed by atoms with Crippen molar-refractivity contribution in [1.29, 1.82) is 0 Å². The van der Waals surface area contributed by atoms with Gasteiger partial charge in [-0.1, -0.05) is 30.3 Å². The molecule has 3 rings (SSSR count). The first-order chi connectivity index (χ1) is 12.9. The number of benzene rings is 2. The van der Waals surface area contributed by atoms with Crippen LogP contribution in [0.3, 0.4) is 0 Å². The Kier molecular flexibility index (Phi) is 5.44. The lowest BCUT2D eigenvalue weighted by atomic mass is 10.2. The summed E-state index contributed by atoms with van der Waals surface area (Å²) in [7, 11) is 0. The molecule has 0 saturated heterocycles. The highest BCUT2D eigenvalue weighted by molar-refractivity contribution is 5.96. The molecule has 1 amide bonds. The molecule has 1 aromatic heterocycles. The molecule has 2 aromatic carbocycles. The van der Waals surface area contributed by atoms with E-state index >= 15 is 0 Å². The molecule has 0 spiro atoms. The first kappa shape index (κ1) is 18.5. The largest absolute Gasteiger partial charge is 0.457 e. The normalized spacial score (nSPS) is 11.2. The van der Waals surface area contributed by atoms with Crippen LogP contribution in [0, 0.1) is 0 Å². The molecule has 0 radical (unpaired) electrons. The van der Waals surface area contributed by atoms with Crippen molar-refractivity contribution >= 4 is 5.91 Å². The minimum Gasteiger partial charge on any atom is -0.457 e. The summed E-state index contributed by atoms with van der Waals surface area (Å²) in [4.78, 5) is 12.4. The van der Waals surface area contributed by atoms with Crippen LogP contribution in [0.15, 0.2) is 66.9 Å². The molecule has 1 heterocycles. The Labute approximate surface area is 153 Å². The molecule has 0 atom stereocenters. The molecule has 27 heavy (non-hydrogen) atoms. The van der Waals surface area contributed by atoms with Gasteiger partial charge in [0.25, 0.3) is 5.91 Å². The Bertz CT molecular complexity index is 908. The lowest BCUT2D eigenvalue weighted by Gasteiger charge is -2.11. The number of rotatable bonds is 6. The summed E-state index contributed by atoms with van der Waals surface area (Å²) in [5.41, 5.74) is -0.631. The highest BCUT2D eigenvalue weighted by Crippen LogP contribution is 2.27. The number of ether oxygens (including phenoxy) is 1. The molecular formula is C19H16F3N3O2. The number of para-hydroxylation sites is 2. The van der Waals surface area contributed by atoms with Gasteiger partial charge in [0.2, 0.25) is 0 Å². The fourth-order valence-corrected chi connectivity index (χ4v) is 2.38. The maximum Gasteiger partial charge on any atom is 0.435 e. The summed E-state index contributed by atoms with van der Waals surface area (Å²) in [6.45, 7) is 0.237. The Hall–Kier alpha value is -3.29. The third-order valence-electron chi connectivity index (χ3n) is 3.66. The number of amides is 1. The quantitative estimate of drug-likeness (QED) is 0.705. The predicted octanol–water partition coefficient (Wildman–Crippen LogP) is 4.12. The molecule has 140 valence electrons. The number of nitrogens with zero attached hydrogens (tertiary/aromatic N) is 2. The van der Waals surface area contributed by atoms with Crippen LogP contribution >= 0.6 is 0 Å². The van der Waals surface area contributed by atoms with Gasteiger partial charge < -0.3 is 10.1 Å². The number of hydrogen-bond donors (Lipinski definition) is 1. The topological polar surface area (TPSA) is 56.2 Å². The van der Waals surface area contributed by atoms with E-state index in [4.69, 9.17) is 4.74 Å². The minimum absolute atomic E-state index is 0.115. The molecule has 0 fully saturated rings. The second-order valence-electron chi connectivity index (χ2n) is 5.63. The molecular weight excluding hydrogens is 359 g/mol. The zero-order valence-corrected chi connectivity index (χ0v) is 14.1. The summed E-state index contributed by atoms with van der Waals surface area (Å²) < 4.78 is 44.5. The summed E-state index contributed by atoms with van der Waals surface area (Å²) in [5, 5.41) is 6.10. The zero-order chi connectivity index (χ0) is 19.3. The van der Waals surface area contributed by atoms with Gasteiger partial charge in [-0.05, 0) is 30.3 Å². The molecule has 8 heteroatoms. The SMILES string of the molecule is O=C(NCCn1ccc(C(F)(F)F)n1)c1ccccc1Oc1ccccc1. The maximum absolute atomic E-state index is 12.5. The smallest absolute Gasteiger partial charge is 0.435 e. The Balaban J connectivity index is 1.61. The van der Waals surface area contributed by atoms with Gasteiger partial charge in [0.1, 0.15) is 11.5 Å². The number of nitrogens with one attached hydrogen (secondary N) is 1. The molecule has 0 aliphatic carbocycles. The van der Waals surface area contributed by atoms with Crippen LogP contribution in [0.2, 0.25) is 0 Å². The van der Waals surface area contributed by atoms with Crippen molar-refractivity contribution < 1.29 is 22.7 Å². The summed E-state index contributed by atoms with van der Waals surface area (Å²) >= 11 is 0. The summed E-state index contributed by atoms with van der Waals surface area (Å²) in [6, 6.07) is 16.7. The van der Waals surface area contributed by atoms with Crippen molar-refractivity contribution in [2.75, 3.05) is 6.54 Å². The van der Waals surface area contributed by atoms with Crippen molar-refractivity contribution in [1.82, 2.24) is 15.1 Å². The fourth-order valence-electron chi connectivity index (χ4n) is 2.38. The van der Waals surface area contributed by atoms with Gasteiger partial charge >= 0.3 is 6.18 Å². The van der Waals surface area contributed by atoms with E-state index in [-0.39, 0.29) is 19.0 Å². The van der Waals surface area contributed by atoms with E-state index in [2.05, 4.69) is 10.4 Å². The van der Waals surface area contributed by atoms with Crippen LogP contribution in [0.4, 0.5) is 13.2 Å². The second-order valence-corrected chi connectivity index (χ2v) is 5.63. The van der Waals surface area contributed by atoms with Gasteiger partial charge in [0.05, 0.1) is 12.1 Å². The predicted molar refractivity (Wildman–Crippen MR) is 92.5 cm³/mol. The number of halogens is 3. The lowest BCUT2D eigenvalue weighted by molar-refractivity contribution is -0.141. The molecule has 0 unspecified atom stereocenters. The number of carbonyl (C=O) groups excluding carboxylic acids is 1. The van der Waals surface area contributed by atoms with Crippen LogP contribution in [-0.4, -0.2) is 22.2 Å². The van der Waals surface area contributed by atoms with Crippen LogP contribution in [0.5, 0.6) is 11.5 Å². The van der Waals surface area contributed by atoms with Gasteiger partial charge in [0, 0.05) is 12.7 Å². The van der Waals surface area contributed by atoms with Gasteiger partial charge in [-0.25, -0.2) is 0 Å². The van der Waals surface area contributed by atoms with E-state index in [9.17, 15) is 18.0 Å². The first-order valence-corrected chi connectivity index (χ1v) is 8.14. The van der Waals surface area contributed by atoms with Gasteiger partial charge in [-0.3, -0.25) is 9.48 Å². The van der Waals surface area contributed by atoms with Gasteiger partial charge in [0.15, 0.2) is 5.69 Å². The van der Waals surface area contributed by atoms with Crippen LogP contribution in [-0.2, 0) is 12.7 Å². The minimum atomic E-state index is -4.48. The zero-order valence-electron chi connectivity index (χ0n) is 14.1. The van der Waals surface area contributed by atoms with Gasteiger partial charge in [-0.2, -0.15) is 18.3 Å². The Morgan fingerprint density at radius 3 is 2.44 bits per heavy atom. The fraction of sp³-hybridized carbons (Fsp3) is 0.158. The van der Waals surface area contributed by atoms with E-state index in [0.717, 1.165) is 10.7 Å². The third-order valence-corrected chi connectivity index (χ3v) is 3.66. The monoisotopic (exact) mass is 375 g/mol. The summed E-state index contributed by atoms with van der Waals surface area (Å²) in [5.74, 6) is 0.596. The summed E-state index contributed by atoms with van der Waals surface area (Å²) in [6.07, 6.45) is -3.26. The molecule has 0 aliphatic rings. The van der Waals surface area contributed by atoms with Crippen molar-refractivity contribution in [2.24, 2.45) is 0 Å². The molecule has 1 N–H and O–H groups in total. The van der Waals surface area contributed by atoms with E-state index in [1.807, 2.05) is 18.2 Å². The first-order valence-electron chi connectivity index (χ1n) is 8.14. The Morgan fingerprint density at radius 1 is 1.04 bits per heavy atom. The number of hydrogen-bond acceptors (Lipinski definition) is 3. The van der Waals surface area contributed by atoms with E-state index < -0.39 is 11.9 Å². The van der Waals surface area contributed by atoms with Gasteiger partial charge in [-0.15, -0.1) is 0 Å². The highest BCUT2D eigenvalue weighted by atomic mass is 19.4. The van der Waals surface area contributed by atoms with Crippen molar-refractivity contribution in [2.45, 2.75) is 12.7 Å². The molecule has 0 bridgehead atoms. The van der Waals surface area contributed by atoms with Crippen molar-refractivity contribution in [3.63, 3.8) is 0 Å². The lowest BCUT2D eigenvalue weighted by Crippen LogP contribution is -2.27. The highest BCUT2D eigenvalue weighted by Gasteiger charge is 2.33. The number of aromatic nitrogens is 2. The van der Waals surface area contributed by atoms with E-state index in [1.54, 1.807) is 36.4 Å². The van der Waals surface area contributed by atoms with E-state index in [0.29, 0.717) is 17.1 Å². The van der Waals surface area contributed by atoms with Crippen molar-refractivity contribution in [3.8, 4) is 11.5 Å². The average Bonchev–Trinajstić information content (AvgIpc) is 3.12. The Morgan fingerprint density at radius 2 is 1.74 bits per heavy atom. The third kappa shape index (κ3) is 4.87. The van der Waals surface area contributed by atoms with Crippen LogP contribution in [0.1, 0.15) is 16.1 Å². The van der Waals surface area contributed by atoms with Crippen LogP contribution < -0.4 is 10.1 Å². The number of carbonyl (C=O) groups is 1. The standard InChI is InChI=1S/C19H16F3N3O2/c20-19(21,22)17-10-12-25(24-17)13-11-23-18(26)15-8-4-5-9-16(15)27-14-6-2-1-3-7-14/h1-10,12H,11,13H2,(H,23,26). The van der Waals surface area contributed by atoms with Crippen LogP contribution in [0.25, 0.3) is 0 Å². The number of alkyl halides is 3. The molecule has 0 saturated carbocycles. The molecule has 3 aromatic rings. The maximum atomic E-state index is 12.5. The van der Waals surface area contributed by atoms with E-state index in [1.165, 1.54) is 6.20 Å². The second kappa shape index (κ2) is 7.94. The molecule has 5 nitrogen and oxygen atoms in total. The molecule has 0 aliphatic heterocycles. The van der Waals surface area contributed by atoms with Crippen molar-refractivity contribution in [3.05, 3.63) is 78.1 Å². The average molecular weight is 375 g/mol.